The van der Waals surface area contributed by atoms with Crippen LogP contribution in [-0.4, -0.2) is 108 Å². The van der Waals surface area contributed by atoms with Crippen LogP contribution in [0.3, 0.4) is 0 Å². The van der Waals surface area contributed by atoms with Gasteiger partial charge < -0.3 is 65.9 Å². The number of phenols is 3. The zero-order valence-electron chi connectivity index (χ0n) is 21.2. The Balaban J connectivity index is 1.72. The van der Waals surface area contributed by atoms with Crippen molar-refractivity contribution in [1.29, 1.82) is 5.26 Å². The third-order valence-corrected chi connectivity index (χ3v) is 6.52. The number of aliphatic hydroxyl groups is 8. The highest BCUT2D eigenvalue weighted by Crippen LogP contribution is 2.48. The summed E-state index contributed by atoms with van der Waals surface area (Å²) in [5.74, 6) is -23.2. The summed E-state index contributed by atoms with van der Waals surface area (Å²) in [5, 5.41) is 123. The van der Waals surface area contributed by atoms with E-state index in [4.69, 9.17) is 10.00 Å². The van der Waals surface area contributed by atoms with Crippen LogP contribution in [0, 0.1) is 11.3 Å². The summed E-state index contributed by atoms with van der Waals surface area (Å²) in [6, 6.07) is 5.49. The number of carbonyl (C=O) groups excluding carboxylic acids is 1. The summed E-state index contributed by atoms with van der Waals surface area (Å²) in [6.07, 6.45) is -1.77. The largest absolute Gasteiger partial charge is 0.504 e. The van der Waals surface area contributed by atoms with Gasteiger partial charge in [0.15, 0.2) is 11.5 Å². The van der Waals surface area contributed by atoms with Gasteiger partial charge in [-0.15, -0.1) is 0 Å². The van der Waals surface area contributed by atoms with Crippen molar-refractivity contribution in [2.45, 2.75) is 36.5 Å². The number of carbonyl (C=O) groups is 1. The zero-order chi connectivity index (χ0) is 31.6. The molecule has 3 aromatic rings. The molecule has 0 aliphatic carbocycles. The van der Waals surface area contributed by atoms with E-state index >= 15 is 0 Å². The Hall–Kier alpha value is -4.78. The molecule has 42 heavy (non-hydrogen) atoms. The molecule has 0 atom stereocenters. The topological polar surface area (TPSA) is 325 Å². The number of aryl methyl sites for hydroxylation is 1. The highest BCUT2D eigenvalue weighted by Gasteiger charge is 2.78. The molecule has 1 saturated heterocycles. The Kier molecular flexibility index (Phi) is 6.94. The van der Waals surface area contributed by atoms with Gasteiger partial charge in [0.05, 0.1) is 18.7 Å². The van der Waals surface area contributed by atoms with E-state index in [-0.39, 0.29) is 5.56 Å². The lowest BCUT2D eigenvalue weighted by Gasteiger charge is -2.61. The van der Waals surface area contributed by atoms with Crippen LogP contribution >= 0.6 is 0 Å². The van der Waals surface area contributed by atoms with Crippen molar-refractivity contribution in [3.63, 3.8) is 0 Å². The molecule has 224 valence electrons. The smallest absolute Gasteiger partial charge is 0.332 e. The first-order chi connectivity index (χ1) is 19.4. The van der Waals surface area contributed by atoms with Gasteiger partial charge in [0.1, 0.15) is 16.7 Å². The SMILES string of the molecule is COc1c(O)c(O)c(O)c2c(=O)[nH]c(CCC(=O)N3C(O)(O)C(O)(O)N(c4ccc(C#N)cc4)C(O)(O)C3(O)O)nc12. The fourth-order valence-corrected chi connectivity index (χ4v) is 4.43. The van der Waals surface area contributed by atoms with Crippen molar-refractivity contribution in [2.75, 3.05) is 12.0 Å². The van der Waals surface area contributed by atoms with Gasteiger partial charge in [-0.2, -0.15) is 5.26 Å². The number of ether oxygens (including phenoxy) is 1. The summed E-state index contributed by atoms with van der Waals surface area (Å²) in [5.41, 5.74) is -2.29. The van der Waals surface area contributed by atoms with Crippen molar-refractivity contribution in [1.82, 2.24) is 14.9 Å². The number of nitrogens with zero attached hydrogens (tertiary/aromatic N) is 4. The van der Waals surface area contributed by atoms with E-state index in [1.54, 1.807) is 6.07 Å². The molecule has 19 heteroatoms. The number of H-pyrrole nitrogens is 1. The Morgan fingerprint density at radius 1 is 0.929 bits per heavy atom. The maximum absolute atomic E-state index is 13.1. The number of aromatic amines is 1. The molecule has 0 saturated carbocycles. The number of nitriles is 1. The number of rotatable bonds is 5. The number of piperazine rings is 1. The van der Waals surface area contributed by atoms with Crippen LogP contribution in [0.2, 0.25) is 0 Å². The third-order valence-electron chi connectivity index (χ3n) is 6.52. The number of aromatic nitrogens is 2. The zero-order valence-corrected chi connectivity index (χ0v) is 21.2. The number of methoxy groups -OCH3 is 1. The second kappa shape index (κ2) is 9.65. The van der Waals surface area contributed by atoms with Crippen LogP contribution < -0.4 is 15.2 Å². The van der Waals surface area contributed by atoms with Crippen LogP contribution in [0.15, 0.2) is 29.1 Å². The van der Waals surface area contributed by atoms with Gasteiger partial charge in [0, 0.05) is 18.5 Å². The number of phenolic OH excluding ortho intramolecular Hbond substituents is 3. The molecule has 1 amide bonds. The highest BCUT2D eigenvalue weighted by molar-refractivity contribution is 5.94. The van der Waals surface area contributed by atoms with Crippen LogP contribution in [0.4, 0.5) is 5.69 Å². The van der Waals surface area contributed by atoms with E-state index in [9.17, 15) is 65.8 Å². The van der Waals surface area contributed by atoms with Crippen molar-refractivity contribution >= 4 is 22.5 Å². The van der Waals surface area contributed by atoms with Gasteiger partial charge in [0.25, 0.3) is 5.56 Å². The first-order valence-corrected chi connectivity index (χ1v) is 11.5. The molecule has 1 aromatic heterocycles. The molecule has 19 nitrogen and oxygen atoms in total. The Morgan fingerprint density at radius 3 is 1.98 bits per heavy atom. The monoisotopic (exact) mass is 593 g/mol. The molecule has 0 bridgehead atoms. The van der Waals surface area contributed by atoms with Crippen molar-refractivity contribution < 1.29 is 65.7 Å². The molecule has 0 radical (unpaired) electrons. The lowest BCUT2D eigenvalue weighted by molar-refractivity contribution is -0.536. The molecule has 1 aliphatic heterocycles. The summed E-state index contributed by atoms with van der Waals surface area (Å²) >= 11 is 0. The lowest BCUT2D eigenvalue weighted by atomic mass is 10.0. The second-order valence-corrected chi connectivity index (χ2v) is 9.08. The number of aromatic hydroxyl groups is 3. The minimum absolute atomic E-state index is 0.00534. The standard InChI is InChI=1S/C23H23N5O14/c1-42-18-14-13(15(30)16(31)17(18)32)19(33)26-11(25-14)6-7-12(29)28-22(38,39)20(34,35)27(21(36,37)23(28,40)41)10-4-2-9(8-24)3-5-10/h2-5,30-32,34-41H,6-7H2,1H3,(H,25,26,33). The minimum atomic E-state index is -4.39. The molecule has 4 rings (SSSR count). The maximum Gasteiger partial charge on any atom is 0.332 e. The fourth-order valence-electron chi connectivity index (χ4n) is 4.43. The molecule has 1 aliphatic rings. The molecule has 1 fully saturated rings. The van der Waals surface area contributed by atoms with E-state index in [0.29, 0.717) is 0 Å². The molecule has 12 N–H and O–H groups in total. The Labute approximate surface area is 232 Å². The lowest BCUT2D eigenvalue weighted by Crippen LogP contribution is -2.91. The number of benzene rings is 2. The second-order valence-electron chi connectivity index (χ2n) is 9.08. The summed E-state index contributed by atoms with van der Waals surface area (Å²) in [7, 11) is 1.03. The van der Waals surface area contributed by atoms with E-state index in [1.807, 2.05) is 0 Å². The van der Waals surface area contributed by atoms with Crippen LogP contribution in [-0.2, 0) is 11.2 Å². The van der Waals surface area contributed by atoms with Crippen LogP contribution in [0.1, 0.15) is 17.8 Å². The van der Waals surface area contributed by atoms with Gasteiger partial charge in [0.2, 0.25) is 17.4 Å². The molecule has 2 heterocycles. The first-order valence-electron chi connectivity index (χ1n) is 11.5. The Morgan fingerprint density at radius 2 is 1.48 bits per heavy atom. The average Bonchev–Trinajstić information content (AvgIpc) is 2.90. The van der Waals surface area contributed by atoms with Crippen LogP contribution in [0.25, 0.3) is 10.9 Å². The molecule has 2 aromatic carbocycles. The quantitative estimate of drug-likeness (QED) is 0.0984. The van der Waals surface area contributed by atoms with E-state index in [2.05, 4.69) is 9.97 Å². The summed E-state index contributed by atoms with van der Waals surface area (Å²) < 4.78 is 4.91. The Bertz CT molecular complexity index is 1650. The van der Waals surface area contributed by atoms with Crippen molar-refractivity contribution in [2.24, 2.45) is 0 Å². The van der Waals surface area contributed by atoms with Crippen molar-refractivity contribution in [3.8, 4) is 29.1 Å². The van der Waals surface area contributed by atoms with Crippen LogP contribution in [0.5, 0.6) is 23.0 Å². The third kappa shape index (κ3) is 4.11. The van der Waals surface area contributed by atoms with Crippen molar-refractivity contribution in [3.05, 3.63) is 46.0 Å². The summed E-state index contributed by atoms with van der Waals surface area (Å²) in [4.78, 5) is 30.4. The number of hydrogen-bond donors (Lipinski definition) is 12. The van der Waals surface area contributed by atoms with Gasteiger partial charge in [-0.1, -0.05) is 0 Å². The van der Waals surface area contributed by atoms with Gasteiger partial charge >= 0.3 is 23.6 Å². The average molecular weight is 593 g/mol. The highest BCUT2D eigenvalue weighted by atomic mass is 16.7. The molecular formula is C23H23N5O14. The fraction of sp³-hybridized carbons (Fsp3) is 0.304. The van der Waals surface area contributed by atoms with E-state index < -0.39 is 103 Å². The van der Waals surface area contributed by atoms with E-state index in [1.165, 1.54) is 0 Å². The number of fused-ring (bicyclic) bond motifs is 1. The number of hydrogen-bond acceptors (Lipinski definition) is 17. The van der Waals surface area contributed by atoms with Gasteiger partial charge in [-0.05, 0) is 24.3 Å². The normalized spacial score (nSPS) is 18.5. The number of anilines is 1. The first kappa shape index (κ1) is 30.2. The predicted octanol–water partition coefficient (Wildman–Crippen LogP) is -4.24. The maximum atomic E-state index is 13.1. The van der Waals surface area contributed by atoms with Gasteiger partial charge in [-0.25, -0.2) is 9.88 Å². The van der Waals surface area contributed by atoms with Gasteiger partial charge in [-0.3, -0.25) is 14.5 Å². The molecule has 0 unspecified atom stereocenters. The summed E-state index contributed by atoms with van der Waals surface area (Å²) in [6.45, 7) is 0. The predicted molar refractivity (Wildman–Crippen MR) is 131 cm³/mol. The number of amides is 1. The number of nitrogens with one attached hydrogen (secondary N) is 1. The molecule has 0 spiro atoms. The van der Waals surface area contributed by atoms with E-state index in [0.717, 1.165) is 31.4 Å². The molecular weight excluding hydrogens is 570 g/mol. The minimum Gasteiger partial charge on any atom is -0.504 e.